The standard InChI is InChI=1S/C22H22O2/c1-13-5-3-4-6-18(13)15-8-7-14(2)19(12-15)20-21(23)16-9-10-17(11-16)22(20)24/h3-8,12,16-17,23H,9-11H2,1-2H3/t16-,17+/m0/s1. The van der Waals surface area contributed by atoms with E-state index in [4.69, 9.17) is 0 Å². The molecular weight excluding hydrogens is 296 g/mol. The number of hydrogen-bond donors (Lipinski definition) is 1. The van der Waals surface area contributed by atoms with Gasteiger partial charge >= 0.3 is 0 Å². The third-order valence-electron chi connectivity index (χ3n) is 5.66. The fourth-order valence-electron chi connectivity index (χ4n) is 4.23. The van der Waals surface area contributed by atoms with Gasteiger partial charge in [0.05, 0.1) is 5.57 Å². The number of aliphatic hydroxyl groups excluding tert-OH is 1. The number of carbonyl (C=O) groups is 1. The van der Waals surface area contributed by atoms with Gasteiger partial charge in [0.25, 0.3) is 0 Å². The van der Waals surface area contributed by atoms with E-state index in [9.17, 15) is 9.90 Å². The molecule has 0 aromatic heterocycles. The molecule has 0 heterocycles. The molecule has 2 nitrogen and oxygen atoms in total. The van der Waals surface area contributed by atoms with Gasteiger partial charge in [-0.3, -0.25) is 4.79 Å². The van der Waals surface area contributed by atoms with Gasteiger partial charge in [0.15, 0.2) is 5.78 Å². The first-order valence-corrected chi connectivity index (χ1v) is 8.70. The van der Waals surface area contributed by atoms with Gasteiger partial charge in [-0.2, -0.15) is 0 Å². The van der Waals surface area contributed by atoms with Crippen LogP contribution in [-0.4, -0.2) is 10.9 Å². The Balaban J connectivity index is 1.87. The SMILES string of the molecule is Cc1ccc(-c2ccccc2C)cc1C1=C(O)[C@H]2CC[C@H](C2)C1=O. The first kappa shape index (κ1) is 15.2. The van der Waals surface area contributed by atoms with Gasteiger partial charge < -0.3 is 5.11 Å². The first-order chi connectivity index (χ1) is 11.6. The lowest BCUT2D eigenvalue weighted by molar-refractivity contribution is -0.117. The van der Waals surface area contributed by atoms with Crippen molar-refractivity contribution >= 4 is 11.4 Å². The minimum absolute atomic E-state index is 0.0995. The molecule has 122 valence electrons. The Hall–Kier alpha value is -2.35. The van der Waals surface area contributed by atoms with Gasteiger partial charge in [0.1, 0.15) is 5.76 Å². The third kappa shape index (κ3) is 2.29. The average molecular weight is 318 g/mol. The second-order valence-electron chi connectivity index (χ2n) is 7.18. The molecule has 1 N–H and O–H groups in total. The Labute approximate surface area is 142 Å². The molecule has 2 bridgehead atoms. The van der Waals surface area contributed by atoms with Gasteiger partial charge in [0, 0.05) is 11.8 Å². The lowest BCUT2D eigenvalue weighted by Crippen LogP contribution is -2.21. The summed E-state index contributed by atoms with van der Waals surface area (Å²) in [7, 11) is 0. The minimum atomic E-state index is 0.0995. The van der Waals surface area contributed by atoms with Gasteiger partial charge in [-0.25, -0.2) is 0 Å². The lowest BCUT2D eigenvalue weighted by atomic mass is 9.81. The van der Waals surface area contributed by atoms with Gasteiger partial charge in [-0.15, -0.1) is 0 Å². The Morgan fingerprint density at radius 3 is 2.42 bits per heavy atom. The molecule has 1 saturated carbocycles. The Morgan fingerprint density at radius 1 is 0.917 bits per heavy atom. The second kappa shape index (κ2) is 5.62. The third-order valence-corrected chi connectivity index (χ3v) is 5.66. The number of aryl methyl sites for hydroxylation is 2. The van der Waals surface area contributed by atoms with Crippen LogP contribution < -0.4 is 0 Å². The highest BCUT2D eigenvalue weighted by Gasteiger charge is 2.41. The molecule has 24 heavy (non-hydrogen) atoms. The van der Waals surface area contributed by atoms with E-state index in [1.54, 1.807) is 0 Å². The topological polar surface area (TPSA) is 37.3 Å². The molecule has 2 atom stereocenters. The lowest BCUT2D eigenvalue weighted by Gasteiger charge is -2.23. The molecule has 2 aliphatic rings. The zero-order chi connectivity index (χ0) is 16.8. The van der Waals surface area contributed by atoms with Crippen LogP contribution in [0.2, 0.25) is 0 Å². The number of allylic oxidation sites excluding steroid dienone is 2. The Kier molecular flexibility index (Phi) is 3.56. The zero-order valence-electron chi connectivity index (χ0n) is 14.2. The summed E-state index contributed by atoms with van der Waals surface area (Å²) in [4.78, 5) is 12.8. The van der Waals surface area contributed by atoms with Crippen LogP contribution >= 0.6 is 0 Å². The predicted octanol–water partition coefficient (Wildman–Crippen LogP) is 5.24. The molecule has 0 amide bonds. The van der Waals surface area contributed by atoms with Crippen LogP contribution in [0.3, 0.4) is 0 Å². The highest BCUT2D eigenvalue weighted by atomic mass is 16.3. The average Bonchev–Trinajstić information content (AvgIpc) is 3.03. The van der Waals surface area contributed by atoms with Crippen molar-refractivity contribution in [3.8, 4) is 11.1 Å². The highest BCUT2D eigenvalue weighted by Crippen LogP contribution is 2.46. The Bertz CT molecular complexity index is 860. The molecule has 2 heteroatoms. The molecule has 0 spiro atoms. The van der Waals surface area contributed by atoms with Crippen molar-refractivity contribution in [3.05, 3.63) is 64.9 Å². The molecule has 0 saturated heterocycles. The van der Waals surface area contributed by atoms with E-state index in [1.165, 1.54) is 11.1 Å². The second-order valence-corrected chi connectivity index (χ2v) is 7.18. The van der Waals surface area contributed by atoms with E-state index >= 15 is 0 Å². The number of fused-ring (bicyclic) bond motifs is 2. The molecule has 0 unspecified atom stereocenters. The molecule has 2 aromatic carbocycles. The number of hydrogen-bond acceptors (Lipinski definition) is 2. The minimum Gasteiger partial charge on any atom is -0.511 e. The van der Waals surface area contributed by atoms with Gasteiger partial charge in [-0.1, -0.05) is 36.4 Å². The largest absolute Gasteiger partial charge is 0.511 e. The summed E-state index contributed by atoms with van der Waals surface area (Å²) in [5.74, 6) is 0.719. The van der Waals surface area contributed by atoms with Crippen molar-refractivity contribution in [2.75, 3.05) is 0 Å². The van der Waals surface area contributed by atoms with Gasteiger partial charge in [0.2, 0.25) is 0 Å². The summed E-state index contributed by atoms with van der Waals surface area (Å²) < 4.78 is 0. The number of aliphatic hydroxyl groups is 1. The number of ketones is 1. The number of rotatable bonds is 2. The van der Waals surface area contributed by atoms with Crippen LogP contribution in [0.15, 0.2) is 48.2 Å². The van der Waals surface area contributed by atoms with E-state index < -0.39 is 0 Å². The molecule has 4 rings (SSSR count). The van der Waals surface area contributed by atoms with Crippen LogP contribution in [0.4, 0.5) is 0 Å². The molecular formula is C22H22O2. The van der Waals surface area contributed by atoms with E-state index in [2.05, 4.69) is 37.3 Å². The maximum atomic E-state index is 12.8. The molecule has 2 aromatic rings. The number of Topliss-reactive ketones (excluding diaryl/α,β-unsaturated/α-hetero) is 1. The highest BCUT2D eigenvalue weighted by molar-refractivity contribution is 6.23. The fraction of sp³-hybridized carbons (Fsp3) is 0.318. The summed E-state index contributed by atoms with van der Waals surface area (Å²) in [5, 5.41) is 10.7. The summed E-state index contributed by atoms with van der Waals surface area (Å²) in [6, 6.07) is 14.5. The van der Waals surface area contributed by atoms with Gasteiger partial charge in [-0.05, 0) is 67.0 Å². The zero-order valence-corrected chi connectivity index (χ0v) is 14.2. The first-order valence-electron chi connectivity index (χ1n) is 8.70. The maximum absolute atomic E-state index is 12.8. The van der Waals surface area contributed by atoms with E-state index in [0.29, 0.717) is 11.3 Å². The van der Waals surface area contributed by atoms with Crippen molar-refractivity contribution in [1.82, 2.24) is 0 Å². The summed E-state index contributed by atoms with van der Waals surface area (Å²) in [6.07, 6.45) is 2.67. The van der Waals surface area contributed by atoms with Crippen LogP contribution in [-0.2, 0) is 4.79 Å². The quantitative estimate of drug-likeness (QED) is 0.822. The number of carbonyl (C=O) groups excluding carboxylic acids is 1. The molecule has 0 radical (unpaired) electrons. The number of benzene rings is 2. The van der Waals surface area contributed by atoms with Crippen LogP contribution in [0.25, 0.3) is 16.7 Å². The molecule has 0 aliphatic heterocycles. The van der Waals surface area contributed by atoms with E-state index in [-0.39, 0.29) is 17.6 Å². The smallest absolute Gasteiger partial charge is 0.169 e. The molecule has 2 aliphatic carbocycles. The molecule has 1 fully saturated rings. The van der Waals surface area contributed by atoms with Crippen molar-refractivity contribution in [2.24, 2.45) is 11.8 Å². The van der Waals surface area contributed by atoms with Crippen molar-refractivity contribution < 1.29 is 9.90 Å². The van der Waals surface area contributed by atoms with E-state index in [1.807, 2.05) is 19.1 Å². The summed E-state index contributed by atoms with van der Waals surface area (Å²) in [6.45, 7) is 4.11. The van der Waals surface area contributed by atoms with Crippen LogP contribution in [0.1, 0.15) is 36.0 Å². The summed E-state index contributed by atoms with van der Waals surface area (Å²) >= 11 is 0. The van der Waals surface area contributed by atoms with Crippen molar-refractivity contribution in [1.29, 1.82) is 0 Å². The van der Waals surface area contributed by atoms with Crippen LogP contribution in [0, 0.1) is 25.7 Å². The monoisotopic (exact) mass is 318 g/mol. The normalized spacial score (nSPS) is 23.0. The van der Waals surface area contributed by atoms with E-state index in [0.717, 1.165) is 36.0 Å². The van der Waals surface area contributed by atoms with Crippen LogP contribution in [0.5, 0.6) is 0 Å². The summed E-state index contributed by atoms with van der Waals surface area (Å²) in [5.41, 5.74) is 5.99. The van der Waals surface area contributed by atoms with Crippen molar-refractivity contribution in [2.45, 2.75) is 33.1 Å². The Morgan fingerprint density at radius 2 is 1.62 bits per heavy atom. The maximum Gasteiger partial charge on any atom is 0.169 e. The van der Waals surface area contributed by atoms with Crippen molar-refractivity contribution in [3.63, 3.8) is 0 Å². The fourth-order valence-corrected chi connectivity index (χ4v) is 4.23. The predicted molar refractivity (Wildman–Crippen MR) is 96.7 cm³/mol.